The SMILES string of the molecule is O=C(CC1CCNCC1)N1N=C(c2cc(F)ccc2F)SC12CCOC1=C2CCC=C1. The lowest BCUT2D eigenvalue weighted by atomic mass is 9.90. The van der Waals surface area contributed by atoms with E-state index in [0.29, 0.717) is 30.4 Å². The first-order valence-corrected chi connectivity index (χ1v) is 11.7. The molecule has 1 saturated heterocycles. The fourth-order valence-electron chi connectivity index (χ4n) is 4.80. The number of carbonyl (C=O) groups excluding carboxylic acids is 1. The van der Waals surface area contributed by atoms with Crippen molar-refractivity contribution in [2.24, 2.45) is 11.0 Å². The van der Waals surface area contributed by atoms with Crippen molar-refractivity contribution >= 4 is 22.7 Å². The Morgan fingerprint density at radius 3 is 3.00 bits per heavy atom. The van der Waals surface area contributed by atoms with Crippen molar-refractivity contribution in [3.05, 3.63) is 58.9 Å². The van der Waals surface area contributed by atoms with Crippen LogP contribution in [0.3, 0.4) is 0 Å². The molecule has 5 rings (SSSR count). The highest BCUT2D eigenvalue weighted by Gasteiger charge is 2.53. The maximum Gasteiger partial charge on any atom is 0.244 e. The Morgan fingerprint density at radius 1 is 1.32 bits per heavy atom. The molecule has 1 N–H and O–H groups in total. The summed E-state index contributed by atoms with van der Waals surface area (Å²) in [5, 5.41) is 9.86. The van der Waals surface area contributed by atoms with E-state index in [9.17, 15) is 13.6 Å². The van der Waals surface area contributed by atoms with E-state index in [2.05, 4.69) is 16.5 Å². The van der Waals surface area contributed by atoms with E-state index < -0.39 is 16.5 Å². The second-order valence-electron chi connectivity index (χ2n) is 8.40. The minimum atomic E-state index is -0.740. The number of benzene rings is 1. The van der Waals surface area contributed by atoms with Crippen LogP contribution in [0.4, 0.5) is 8.78 Å². The van der Waals surface area contributed by atoms with Crippen molar-refractivity contribution < 1.29 is 18.3 Å². The van der Waals surface area contributed by atoms with Gasteiger partial charge < -0.3 is 10.1 Å². The van der Waals surface area contributed by atoms with E-state index in [4.69, 9.17) is 4.74 Å². The number of nitrogens with one attached hydrogen (secondary N) is 1. The first-order valence-electron chi connectivity index (χ1n) is 10.9. The molecule has 1 amide bonds. The maximum atomic E-state index is 14.6. The highest BCUT2D eigenvalue weighted by molar-refractivity contribution is 8.16. The normalized spacial score (nSPS) is 26.1. The van der Waals surface area contributed by atoms with Gasteiger partial charge in [-0.3, -0.25) is 4.79 Å². The van der Waals surface area contributed by atoms with Gasteiger partial charge in [0.15, 0.2) is 0 Å². The Morgan fingerprint density at radius 2 is 2.16 bits per heavy atom. The average Bonchev–Trinajstić information content (AvgIpc) is 3.16. The summed E-state index contributed by atoms with van der Waals surface area (Å²) in [7, 11) is 0. The summed E-state index contributed by atoms with van der Waals surface area (Å²) in [6, 6.07) is 3.36. The van der Waals surface area contributed by atoms with Gasteiger partial charge in [0.1, 0.15) is 27.3 Å². The Kier molecular flexibility index (Phi) is 5.60. The largest absolute Gasteiger partial charge is 0.493 e. The van der Waals surface area contributed by atoms with Gasteiger partial charge in [0, 0.05) is 24.0 Å². The molecule has 1 aromatic carbocycles. The van der Waals surface area contributed by atoms with Gasteiger partial charge in [-0.15, -0.1) is 0 Å². The second-order valence-corrected chi connectivity index (χ2v) is 9.67. The Labute approximate surface area is 184 Å². The summed E-state index contributed by atoms with van der Waals surface area (Å²) in [6.45, 7) is 2.27. The van der Waals surface area contributed by atoms with Gasteiger partial charge in [0.05, 0.1) is 6.61 Å². The lowest BCUT2D eigenvalue weighted by molar-refractivity contribution is -0.135. The topological polar surface area (TPSA) is 53.9 Å². The number of hydrogen-bond donors (Lipinski definition) is 1. The summed E-state index contributed by atoms with van der Waals surface area (Å²) in [5.41, 5.74) is 1.11. The minimum Gasteiger partial charge on any atom is -0.493 e. The van der Waals surface area contributed by atoms with Crippen LogP contribution >= 0.6 is 11.8 Å². The number of nitrogens with zero attached hydrogens (tertiary/aromatic N) is 2. The number of ether oxygens (including phenoxy) is 1. The molecule has 1 aliphatic carbocycles. The average molecular weight is 446 g/mol. The van der Waals surface area contributed by atoms with Crippen molar-refractivity contribution in [2.75, 3.05) is 19.7 Å². The van der Waals surface area contributed by atoms with E-state index in [1.54, 1.807) is 5.01 Å². The van der Waals surface area contributed by atoms with Crippen LogP contribution < -0.4 is 5.32 Å². The van der Waals surface area contributed by atoms with Crippen LogP contribution in [-0.4, -0.2) is 40.5 Å². The molecule has 0 saturated carbocycles. The number of hydrogen-bond acceptors (Lipinski definition) is 5. The third kappa shape index (κ3) is 3.80. The first-order chi connectivity index (χ1) is 15.1. The molecule has 0 aromatic heterocycles. The molecule has 1 atom stereocenters. The molecule has 5 nitrogen and oxygen atoms in total. The summed E-state index contributed by atoms with van der Waals surface area (Å²) in [5.74, 6) is -0.0446. The van der Waals surface area contributed by atoms with Crippen LogP contribution in [0, 0.1) is 17.6 Å². The highest BCUT2D eigenvalue weighted by Crippen LogP contribution is 2.52. The second kappa shape index (κ2) is 8.39. The smallest absolute Gasteiger partial charge is 0.244 e. The molecule has 3 aliphatic heterocycles. The van der Waals surface area contributed by atoms with Gasteiger partial charge in [-0.05, 0) is 69.0 Å². The molecule has 1 aromatic rings. The Balaban J connectivity index is 1.54. The number of thioether (sulfide) groups is 1. The van der Waals surface area contributed by atoms with Crippen LogP contribution in [0.1, 0.15) is 44.1 Å². The molecule has 8 heteroatoms. The van der Waals surface area contributed by atoms with Gasteiger partial charge in [-0.1, -0.05) is 17.8 Å². The van der Waals surface area contributed by atoms with Crippen molar-refractivity contribution in [2.45, 2.75) is 43.4 Å². The van der Waals surface area contributed by atoms with Crippen LogP contribution in [0.25, 0.3) is 0 Å². The number of allylic oxidation sites excluding steroid dienone is 2. The summed E-state index contributed by atoms with van der Waals surface area (Å²) in [4.78, 5) is 12.8. The molecule has 0 bridgehead atoms. The number of amides is 1. The number of carbonyl (C=O) groups is 1. The fraction of sp³-hybridized carbons (Fsp3) is 0.478. The highest BCUT2D eigenvalue weighted by atomic mass is 32.2. The fourth-order valence-corrected chi connectivity index (χ4v) is 6.25. The van der Waals surface area contributed by atoms with Crippen LogP contribution in [0.5, 0.6) is 0 Å². The molecule has 0 radical (unpaired) electrons. The van der Waals surface area contributed by atoms with E-state index in [-0.39, 0.29) is 11.5 Å². The predicted molar refractivity (Wildman–Crippen MR) is 116 cm³/mol. The van der Waals surface area contributed by atoms with Crippen molar-refractivity contribution in [1.82, 2.24) is 10.3 Å². The molecule has 1 spiro atoms. The number of halogens is 2. The zero-order chi connectivity index (χ0) is 21.4. The summed E-state index contributed by atoms with van der Waals surface area (Å²) >= 11 is 1.36. The quantitative estimate of drug-likeness (QED) is 0.753. The van der Waals surface area contributed by atoms with Gasteiger partial charge in [-0.25, -0.2) is 13.8 Å². The standard InChI is InChI=1S/C23H25F2N3O2S/c24-16-5-6-19(25)17(14-16)22-27-28(21(29)13-15-7-10-26-11-8-15)23(31-22)9-12-30-20-4-2-1-3-18(20)23/h2,4-6,14-15,26H,1,3,7-13H2. The summed E-state index contributed by atoms with van der Waals surface area (Å²) in [6.07, 6.45) is 8.50. The number of piperidine rings is 1. The zero-order valence-electron chi connectivity index (χ0n) is 17.2. The van der Waals surface area contributed by atoms with Crippen molar-refractivity contribution in [3.63, 3.8) is 0 Å². The van der Waals surface area contributed by atoms with Crippen molar-refractivity contribution in [3.8, 4) is 0 Å². The number of fused-ring (bicyclic) bond motifs is 1. The van der Waals surface area contributed by atoms with E-state index in [1.165, 1.54) is 11.8 Å². The summed E-state index contributed by atoms with van der Waals surface area (Å²) < 4.78 is 34.4. The number of hydrazone groups is 1. The third-order valence-corrected chi connectivity index (χ3v) is 7.87. The molecule has 1 fully saturated rings. The van der Waals surface area contributed by atoms with E-state index in [0.717, 1.165) is 68.3 Å². The first kappa shape index (κ1) is 20.7. The molecule has 31 heavy (non-hydrogen) atoms. The molecule has 1 unspecified atom stereocenters. The monoisotopic (exact) mass is 445 g/mol. The molecule has 164 valence electrons. The van der Waals surface area contributed by atoms with E-state index >= 15 is 0 Å². The number of rotatable bonds is 3. The third-order valence-electron chi connectivity index (χ3n) is 6.41. The van der Waals surface area contributed by atoms with Gasteiger partial charge in [0.2, 0.25) is 5.91 Å². The lowest BCUT2D eigenvalue weighted by Crippen LogP contribution is -2.49. The Bertz CT molecular complexity index is 987. The zero-order valence-corrected chi connectivity index (χ0v) is 18.0. The lowest BCUT2D eigenvalue weighted by Gasteiger charge is -2.42. The van der Waals surface area contributed by atoms with Crippen LogP contribution in [-0.2, 0) is 9.53 Å². The maximum absolute atomic E-state index is 14.6. The van der Waals surface area contributed by atoms with Crippen LogP contribution in [0.2, 0.25) is 0 Å². The minimum absolute atomic E-state index is 0.0606. The molecular formula is C23H25F2N3O2S. The van der Waals surface area contributed by atoms with Crippen molar-refractivity contribution in [1.29, 1.82) is 0 Å². The Hall–Kier alpha value is -2.19. The van der Waals surface area contributed by atoms with Gasteiger partial charge >= 0.3 is 0 Å². The molecule has 4 aliphatic rings. The van der Waals surface area contributed by atoms with Gasteiger partial charge in [-0.2, -0.15) is 5.10 Å². The van der Waals surface area contributed by atoms with Crippen LogP contribution in [0.15, 0.2) is 46.8 Å². The van der Waals surface area contributed by atoms with Gasteiger partial charge in [0.25, 0.3) is 0 Å². The molecule has 3 heterocycles. The predicted octanol–water partition coefficient (Wildman–Crippen LogP) is 4.31. The molecular weight excluding hydrogens is 420 g/mol. The van der Waals surface area contributed by atoms with E-state index in [1.807, 2.05) is 6.08 Å².